The number of para-hydroxylation sites is 1. The molecule has 1 aromatic heterocycles. The molecular weight excluding hydrogens is 352 g/mol. The van der Waals surface area contributed by atoms with Gasteiger partial charge in [0.15, 0.2) is 5.78 Å². The van der Waals surface area contributed by atoms with E-state index in [1.165, 1.54) is 31.3 Å². The van der Waals surface area contributed by atoms with Crippen LogP contribution in [0, 0.1) is 11.6 Å². The van der Waals surface area contributed by atoms with Crippen molar-refractivity contribution >= 4 is 28.9 Å². The van der Waals surface area contributed by atoms with E-state index >= 15 is 0 Å². The van der Waals surface area contributed by atoms with Gasteiger partial charge in [-0.25, -0.2) is 13.8 Å². The number of rotatable bonds is 5. The van der Waals surface area contributed by atoms with Crippen LogP contribution in [0.1, 0.15) is 27.6 Å². The van der Waals surface area contributed by atoms with Crippen LogP contribution in [0.2, 0.25) is 0 Å². The molecule has 3 rings (SSSR count). The minimum absolute atomic E-state index is 0.0429. The maximum atomic E-state index is 13.7. The first kappa shape index (κ1) is 18.2. The van der Waals surface area contributed by atoms with Crippen molar-refractivity contribution in [2.24, 2.45) is 0 Å². The zero-order valence-electron chi connectivity index (χ0n) is 14.3. The van der Waals surface area contributed by atoms with Crippen LogP contribution in [0.4, 0.5) is 26.0 Å². The molecule has 0 radical (unpaired) electrons. The molecule has 136 valence electrons. The van der Waals surface area contributed by atoms with Crippen molar-refractivity contribution in [3.8, 4) is 0 Å². The summed E-state index contributed by atoms with van der Waals surface area (Å²) in [5.74, 6) is -2.06. The molecule has 0 unspecified atom stereocenters. The van der Waals surface area contributed by atoms with Crippen molar-refractivity contribution in [1.82, 2.24) is 4.98 Å². The molecule has 0 fully saturated rings. The average Bonchev–Trinajstić information content (AvgIpc) is 2.65. The molecule has 0 saturated heterocycles. The molecule has 0 bridgehead atoms. The lowest BCUT2D eigenvalue weighted by Gasteiger charge is -2.10. The maximum absolute atomic E-state index is 13.7. The number of nitrogens with one attached hydrogen (secondary N) is 2. The van der Waals surface area contributed by atoms with Crippen LogP contribution >= 0.6 is 0 Å². The average molecular weight is 367 g/mol. The number of carbonyl (C=O) groups excluding carboxylic acids is 2. The summed E-state index contributed by atoms with van der Waals surface area (Å²) in [6.07, 6.45) is 1.40. The Morgan fingerprint density at radius 2 is 1.59 bits per heavy atom. The van der Waals surface area contributed by atoms with E-state index in [4.69, 9.17) is 0 Å². The van der Waals surface area contributed by atoms with Gasteiger partial charge in [0.25, 0.3) is 5.91 Å². The minimum Gasteiger partial charge on any atom is -0.340 e. The van der Waals surface area contributed by atoms with Crippen LogP contribution in [-0.4, -0.2) is 16.7 Å². The molecule has 0 atom stereocenters. The Kier molecular flexibility index (Phi) is 5.21. The van der Waals surface area contributed by atoms with Gasteiger partial charge < -0.3 is 10.6 Å². The molecule has 7 heteroatoms. The van der Waals surface area contributed by atoms with Gasteiger partial charge in [0.2, 0.25) is 0 Å². The highest BCUT2D eigenvalue weighted by Crippen LogP contribution is 2.20. The van der Waals surface area contributed by atoms with Crippen molar-refractivity contribution in [2.45, 2.75) is 6.92 Å². The molecule has 0 saturated carbocycles. The number of aromatic nitrogens is 1. The molecule has 2 N–H and O–H groups in total. The number of pyridine rings is 1. The van der Waals surface area contributed by atoms with Crippen LogP contribution in [0.15, 0.2) is 60.8 Å². The quantitative estimate of drug-likeness (QED) is 0.649. The molecule has 1 amide bonds. The van der Waals surface area contributed by atoms with Crippen LogP contribution in [0.25, 0.3) is 0 Å². The summed E-state index contributed by atoms with van der Waals surface area (Å²) < 4.78 is 27.4. The Hall–Kier alpha value is -3.61. The van der Waals surface area contributed by atoms with Crippen molar-refractivity contribution in [3.63, 3.8) is 0 Å². The fraction of sp³-hybridized carbons (Fsp3) is 0.0500. The van der Waals surface area contributed by atoms with Crippen LogP contribution in [-0.2, 0) is 0 Å². The Morgan fingerprint density at radius 3 is 2.22 bits per heavy atom. The molecule has 2 aromatic carbocycles. The molecule has 0 aliphatic heterocycles. The molecular formula is C20H15F2N3O2. The number of anilines is 3. The van der Waals surface area contributed by atoms with Gasteiger partial charge in [-0.15, -0.1) is 0 Å². The summed E-state index contributed by atoms with van der Waals surface area (Å²) in [7, 11) is 0. The third kappa shape index (κ3) is 4.33. The summed E-state index contributed by atoms with van der Waals surface area (Å²) in [6, 6.07) is 13.0. The van der Waals surface area contributed by atoms with Crippen LogP contribution in [0.5, 0.6) is 0 Å². The van der Waals surface area contributed by atoms with E-state index in [2.05, 4.69) is 15.6 Å². The number of hydrogen-bond donors (Lipinski definition) is 2. The van der Waals surface area contributed by atoms with Crippen molar-refractivity contribution in [2.75, 3.05) is 10.6 Å². The van der Waals surface area contributed by atoms with Gasteiger partial charge >= 0.3 is 0 Å². The van der Waals surface area contributed by atoms with E-state index in [9.17, 15) is 18.4 Å². The number of ketones is 1. The number of amides is 1. The Morgan fingerprint density at radius 1 is 0.926 bits per heavy atom. The number of hydrogen-bond acceptors (Lipinski definition) is 4. The van der Waals surface area contributed by atoms with Crippen LogP contribution in [0.3, 0.4) is 0 Å². The number of Topliss-reactive ketones (excluding diaryl/α,β-unsaturated/α-hetero) is 1. The maximum Gasteiger partial charge on any atom is 0.256 e. The zero-order chi connectivity index (χ0) is 19.4. The zero-order valence-corrected chi connectivity index (χ0v) is 14.3. The molecule has 5 nitrogen and oxygen atoms in total. The lowest BCUT2D eigenvalue weighted by molar-refractivity contribution is 0.101. The Labute approximate surface area is 154 Å². The SMILES string of the molecule is CC(=O)c1ccc(Nc2cc(C(=O)Nc3c(F)cccc3F)ccn2)cc1. The van der Waals surface area contributed by atoms with E-state index in [1.54, 1.807) is 24.3 Å². The smallest absolute Gasteiger partial charge is 0.256 e. The number of benzene rings is 2. The van der Waals surface area contributed by atoms with Gasteiger partial charge in [-0.05, 0) is 55.5 Å². The molecule has 1 heterocycles. The summed E-state index contributed by atoms with van der Waals surface area (Å²) in [5, 5.41) is 5.23. The summed E-state index contributed by atoms with van der Waals surface area (Å²) in [4.78, 5) is 27.7. The number of carbonyl (C=O) groups is 2. The Balaban J connectivity index is 1.76. The van der Waals surface area contributed by atoms with Crippen molar-refractivity contribution in [3.05, 3.63) is 83.6 Å². The Bertz CT molecular complexity index is 984. The van der Waals surface area contributed by atoms with Gasteiger partial charge in [0.1, 0.15) is 23.1 Å². The van der Waals surface area contributed by atoms with Gasteiger partial charge in [0, 0.05) is 23.0 Å². The van der Waals surface area contributed by atoms with Gasteiger partial charge in [0.05, 0.1) is 0 Å². The van der Waals surface area contributed by atoms with E-state index in [-0.39, 0.29) is 11.3 Å². The van der Waals surface area contributed by atoms with Crippen molar-refractivity contribution < 1.29 is 18.4 Å². The van der Waals surface area contributed by atoms with Crippen molar-refractivity contribution in [1.29, 1.82) is 0 Å². The second-order valence-electron chi connectivity index (χ2n) is 5.74. The monoisotopic (exact) mass is 367 g/mol. The largest absolute Gasteiger partial charge is 0.340 e. The highest BCUT2D eigenvalue weighted by atomic mass is 19.1. The fourth-order valence-electron chi connectivity index (χ4n) is 2.38. The summed E-state index contributed by atoms with van der Waals surface area (Å²) in [6.45, 7) is 1.48. The summed E-state index contributed by atoms with van der Waals surface area (Å²) in [5.41, 5.74) is 0.919. The third-order valence-electron chi connectivity index (χ3n) is 3.79. The van der Waals surface area contributed by atoms with E-state index in [1.807, 2.05) is 0 Å². The predicted octanol–water partition coefficient (Wildman–Crippen LogP) is 4.56. The number of halogens is 2. The van der Waals surface area contributed by atoms with E-state index < -0.39 is 23.2 Å². The highest BCUT2D eigenvalue weighted by molar-refractivity contribution is 6.04. The fourth-order valence-corrected chi connectivity index (χ4v) is 2.38. The molecule has 0 aliphatic rings. The first-order chi connectivity index (χ1) is 12.9. The van der Waals surface area contributed by atoms with Gasteiger partial charge in [-0.3, -0.25) is 9.59 Å². The molecule has 0 aliphatic carbocycles. The van der Waals surface area contributed by atoms with Gasteiger partial charge in [-0.1, -0.05) is 6.07 Å². The first-order valence-corrected chi connectivity index (χ1v) is 8.03. The normalized spacial score (nSPS) is 10.3. The van der Waals surface area contributed by atoms with E-state index in [0.717, 1.165) is 12.1 Å². The second-order valence-corrected chi connectivity index (χ2v) is 5.74. The lowest BCUT2D eigenvalue weighted by Crippen LogP contribution is -2.14. The summed E-state index contributed by atoms with van der Waals surface area (Å²) >= 11 is 0. The first-order valence-electron chi connectivity index (χ1n) is 8.03. The third-order valence-corrected chi connectivity index (χ3v) is 3.79. The topological polar surface area (TPSA) is 71.1 Å². The highest BCUT2D eigenvalue weighted by Gasteiger charge is 2.14. The predicted molar refractivity (Wildman–Crippen MR) is 98.3 cm³/mol. The minimum atomic E-state index is -0.860. The van der Waals surface area contributed by atoms with Gasteiger partial charge in [-0.2, -0.15) is 0 Å². The van der Waals surface area contributed by atoms with E-state index in [0.29, 0.717) is 17.1 Å². The van der Waals surface area contributed by atoms with Crippen LogP contribution < -0.4 is 10.6 Å². The molecule has 0 spiro atoms. The second kappa shape index (κ2) is 7.74. The number of nitrogens with zero attached hydrogens (tertiary/aromatic N) is 1. The standard InChI is InChI=1S/C20H15F2N3O2/c1-12(26)13-5-7-15(8-6-13)24-18-11-14(9-10-23-18)20(27)25-19-16(21)3-2-4-17(19)22/h2-11H,1H3,(H,23,24)(H,25,27). The lowest BCUT2D eigenvalue weighted by atomic mass is 10.1. The molecule has 3 aromatic rings. The molecule has 27 heavy (non-hydrogen) atoms.